The summed E-state index contributed by atoms with van der Waals surface area (Å²) in [6.45, 7) is 0.124. The highest BCUT2D eigenvalue weighted by molar-refractivity contribution is 7.90. The molecule has 1 saturated heterocycles. The van der Waals surface area contributed by atoms with Gasteiger partial charge < -0.3 is 26.8 Å². The van der Waals surface area contributed by atoms with Gasteiger partial charge in [-0.05, 0) is 48.1 Å². The van der Waals surface area contributed by atoms with Crippen molar-refractivity contribution in [2.24, 2.45) is 11.5 Å². The van der Waals surface area contributed by atoms with Crippen LogP contribution in [0.25, 0.3) is 0 Å². The van der Waals surface area contributed by atoms with E-state index in [1.54, 1.807) is 60.7 Å². The summed E-state index contributed by atoms with van der Waals surface area (Å²) in [6.07, 6.45) is 0.589. The van der Waals surface area contributed by atoms with Crippen LogP contribution in [-0.2, 0) is 43.7 Å². The number of carbonyl (C=O) groups is 3. The fraction of sp³-hybridized carbons (Fsp3) is 0.323. The predicted molar refractivity (Wildman–Crippen MR) is 162 cm³/mol. The summed E-state index contributed by atoms with van der Waals surface area (Å²) in [5.41, 5.74) is 14.0. The van der Waals surface area contributed by atoms with Crippen molar-refractivity contribution >= 4 is 27.7 Å². The lowest BCUT2D eigenvalue weighted by atomic mass is 10.0. The van der Waals surface area contributed by atoms with E-state index >= 15 is 0 Å². The van der Waals surface area contributed by atoms with Gasteiger partial charge in [0.05, 0.1) is 11.3 Å². The van der Waals surface area contributed by atoms with Gasteiger partial charge in [-0.15, -0.1) is 0 Å². The fourth-order valence-corrected chi connectivity index (χ4v) is 6.64. The van der Waals surface area contributed by atoms with Gasteiger partial charge in [-0.25, -0.2) is 13.1 Å². The van der Waals surface area contributed by atoms with Crippen LogP contribution < -0.4 is 21.5 Å². The normalized spacial score (nSPS) is 17.1. The minimum atomic E-state index is -4.08. The molecule has 0 spiro atoms. The molecule has 1 aliphatic heterocycles. The second kappa shape index (κ2) is 14.3. The number of nitrogens with one attached hydrogen (secondary N) is 2. The van der Waals surface area contributed by atoms with E-state index in [0.717, 1.165) is 11.1 Å². The number of rotatable bonds is 13. The van der Waals surface area contributed by atoms with Gasteiger partial charge in [-0.2, -0.15) is 0 Å². The number of nitrogens with zero attached hydrogens (tertiary/aromatic N) is 1. The zero-order valence-electron chi connectivity index (χ0n) is 23.6. The van der Waals surface area contributed by atoms with E-state index in [-0.39, 0.29) is 50.4 Å². The number of likely N-dealkylation sites (tertiary alicyclic amines) is 1. The Morgan fingerprint density at radius 2 is 1.37 bits per heavy atom. The zero-order valence-corrected chi connectivity index (χ0v) is 24.5. The summed E-state index contributed by atoms with van der Waals surface area (Å²) in [4.78, 5) is 40.1. The second-order valence-electron chi connectivity index (χ2n) is 10.7. The molecule has 0 unspecified atom stereocenters. The highest BCUT2D eigenvalue weighted by atomic mass is 32.2. The minimum Gasteiger partial charge on any atom is -0.508 e. The topological polar surface area (TPSA) is 185 Å². The van der Waals surface area contributed by atoms with Crippen LogP contribution in [0.4, 0.5) is 0 Å². The minimum absolute atomic E-state index is 0.0373. The Bertz CT molecular complexity index is 1500. The molecule has 0 saturated carbocycles. The number of phenolic OH excluding ortho intramolecular Hbond substituents is 1. The summed E-state index contributed by atoms with van der Waals surface area (Å²) in [6, 6.07) is 21.1. The number of hydrogen-bond donors (Lipinski definition) is 5. The number of sulfonamides is 1. The largest absolute Gasteiger partial charge is 0.508 e. The molecule has 4 rings (SSSR count). The molecule has 0 aliphatic carbocycles. The maximum atomic E-state index is 13.5. The van der Waals surface area contributed by atoms with Crippen molar-refractivity contribution in [3.05, 3.63) is 102 Å². The van der Waals surface area contributed by atoms with Gasteiger partial charge in [0.2, 0.25) is 27.7 Å². The van der Waals surface area contributed by atoms with E-state index in [0.29, 0.717) is 5.56 Å². The number of phenols is 1. The Morgan fingerprint density at radius 1 is 0.837 bits per heavy atom. The van der Waals surface area contributed by atoms with Crippen molar-refractivity contribution in [1.29, 1.82) is 0 Å². The predicted octanol–water partition coefficient (Wildman–Crippen LogP) is 0.606. The molecular weight excluding hydrogens is 570 g/mol. The molecule has 228 valence electrons. The summed E-state index contributed by atoms with van der Waals surface area (Å²) in [5.74, 6) is -1.71. The molecule has 1 heterocycles. The first-order valence-electron chi connectivity index (χ1n) is 14.0. The Labute approximate surface area is 251 Å². The molecule has 0 radical (unpaired) electrons. The van der Waals surface area contributed by atoms with Gasteiger partial charge in [0, 0.05) is 19.5 Å². The molecule has 43 heavy (non-hydrogen) atoms. The molecule has 1 aliphatic rings. The van der Waals surface area contributed by atoms with E-state index in [4.69, 9.17) is 11.5 Å². The van der Waals surface area contributed by atoms with Crippen molar-refractivity contribution in [3.8, 4) is 5.75 Å². The van der Waals surface area contributed by atoms with E-state index < -0.39 is 45.2 Å². The molecule has 3 aromatic rings. The SMILES string of the molecule is NC(=O)[C@H](Cc1ccccc1)NC(=O)[C@H](Cc1ccccc1)NS(=O)(=O)[C@H]1CCN(C(=O)[C@@H](N)Cc2ccc(O)cc2)C1. The van der Waals surface area contributed by atoms with Gasteiger partial charge in [0.1, 0.15) is 17.8 Å². The molecule has 3 amide bonds. The van der Waals surface area contributed by atoms with Crippen molar-refractivity contribution in [2.45, 2.75) is 49.1 Å². The molecule has 12 heteroatoms. The van der Waals surface area contributed by atoms with Crippen LogP contribution in [0.1, 0.15) is 23.1 Å². The smallest absolute Gasteiger partial charge is 0.240 e. The summed E-state index contributed by atoms with van der Waals surface area (Å²) in [5, 5.41) is 11.1. The van der Waals surface area contributed by atoms with Gasteiger partial charge >= 0.3 is 0 Å². The van der Waals surface area contributed by atoms with Crippen LogP contribution >= 0.6 is 0 Å². The van der Waals surface area contributed by atoms with Gasteiger partial charge in [-0.3, -0.25) is 14.4 Å². The molecule has 3 aromatic carbocycles. The lowest BCUT2D eigenvalue weighted by Gasteiger charge is -2.24. The molecule has 0 aromatic heterocycles. The number of benzene rings is 3. The lowest BCUT2D eigenvalue weighted by molar-refractivity contribution is -0.131. The van der Waals surface area contributed by atoms with Crippen molar-refractivity contribution in [1.82, 2.24) is 14.9 Å². The van der Waals surface area contributed by atoms with Crippen molar-refractivity contribution in [2.75, 3.05) is 13.1 Å². The monoisotopic (exact) mass is 607 g/mol. The quantitative estimate of drug-likeness (QED) is 0.188. The molecule has 4 atom stereocenters. The first-order valence-corrected chi connectivity index (χ1v) is 15.6. The molecule has 0 bridgehead atoms. The van der Waals surface area contributed by atoms with Crippen LogP contribution in [-0.4, -0.2) is 72.6 Å². The van der Waals surface area contributed by atoms with Crippen LogP contribution in [0.5, 0.6) is 5.75 Å². The number of aromatic hydroxyl groups is 1. The van der Waals surface area contributed by atoms with Crippen LogP contribution in [0.15, 0.2) is 84.9 Å². The molecule has 11 nitrogen and oxygen atoms in total. The lowest BCUT2D eigenvalue weighted by Crippen LogP contribution is -2.55. The summed E-state index contributed by atoms with van der Waals surface area (Å²) < 4.78 is 29.6. The number of amides is 3. The standard InChI is InChI=1S/C31H37N5O6S/c32-26(17-23-11-13-24(37)14-12-23)31(40)36-16-15-25(20-36)43(41,42)35-28(19-22-9-5-2-6-10-22)30(39)34-27(29(33)38)18-21-7-3-1-4-8-21/h1-14,25-28,35,37H,15-20,32H2,(H2,33,38)(H,34,39)/t25-,26-,27-,28-/m0/s1. The first kappa shape index (κ1) is 31.7. The third-order valence-electron chi connectivity index (χ3n) is 7.45. The number of nitrogens with two attached hydrogens (primary N) is 2. The number of primary amides is 1. The van der Waals surface area contributed by atoms with Crippen LogP contribution in [0.2, 0.25) is 0 Å². The Hall–Kier alpha value is -4.26. The van der Waals surface area contributed by atoms with Gasteiger partial charge in [-0.1, -0.05) is 72.8 Å². The van der Waals surface area contributed by atoms with Crippen molar-refractivity contribution < 1.29 is 27.9 Å². The summed E-state index contributed by atoms with van der Waals surface area (Å²) in [7, 11) is -4.08. The number of hydrogen-bond acceptors (Lipinski definition) is 7. The summed E-state index contributed by atoms with van der Waals surface area (Å²) >= 11 is 0. The second-order valence-corrected chi connectivity index (χ2v) is 12.7. The zero-order chi connectivity index (χ0) is 31.0. The highest BCUT2D eigenvalue weighted by Crippen LogP contribution is 2.19. The molecule has 1 fully saturated rings. The van der Waals surface area contributed by atoms with Crippen LogP contribution in [0, 0.1) is 0 Å². The van der Waals surface area contributed by atoms with Gasteiger partial charge in [0.25, 0.3) is 0 Å². The first-order chi connectivity index (χ1) is 20.5. The number of carbonyl (C=O) groups excluding carboxylic acids is 3. The highest BCUT2D eigenvalue weighted by Gasteiger charge is 2.39. The maximum absolute atomic E-state index is 13.5. The third-order valence-corrected chi connectivity index (χ3v) is 9.33. The van der Waals surface area contributed by atoms with Crippen LogP contribution in [0.3, 0.4) is 0 Å². The van der Waals surface area contributed by atoms with E-state index in [1.165, 1.54) is 17.0 Å². The Balaban J connectivity index is 1.44. The average Bonchev–Trinajstić information content (AvgIpc) is 3.50. The van der Waals surface area contributed by atoms with E-state index in [2.05, 4.69) is 10.0 Å². The average molecular weight is 608 g/mol. The molecule has 7 N–H and O–H groups in total. The van der Waals surface area contributed by atoms with Crippen molar-refractivity contribution in [3.63, 3.8) is 0 Å². The Morgan fingerprint density at radius 3 is 1.93 bits per heavy atom. The molecular formula is C31H37N5O6S. The van der Waals surface area contributed by atoms with E-state index in [9.17, 15) is 27.9 Å². The van der Waals surface area contributed by atoms with E-state index in [1.807, 2.05) is 12.1 Å². The Kier molecular flexibility index (Phi) is 10.5. The maximum Gasteiger partial charge on any atom is 0.240 e. The van der Waals surface area contributed by atoms with Gasteiger partial charge in [0.15, 0.2) is 0 Å². The third kappa shape index (κ3) is 8.87. The fourth-order valence-electron chi connectivity index (χ4n) is 5.07.